The second-order valence-electron chi connectivity index (χ2n) is 7.55. The smallest absolute Gasteiger partial charge is 0.120 e. The first-order valence-electron chi connectivity index (χ1n) is 10.2. The molecule has 146 valence electrons. The molecule has 4 aromatic rings. The molecule has 0 spiro atoms. The van der Waals surface area contributed by atoms with Crippen molar-refractivity contribution in [2.45, 2.75) is 38.3 Å². The van der Waals surface area contributed by atoms with Gasteiger partial charge in [-0.25, -0.2) is 4.98 Å². The molecule has 0 unspecified atom stereocenters. The van der Waals surface area contributed by atoms with Crippen molar-refractivity contribution in [2.24, 2.45) is 5.73 Å². The summed E-state index contributed by atoms with van der Waals surface area (Å²) in [5.41, 5.74) is 11.0. The van der Waals surface area contributed by atoms with Crippen LogP contribution in [-0.2, 0) is 13.2 Å². The molecule has 1 aliphatic carbocycles. The Labute approximate surface area is 170 Å². The van der Waals surface area contributed by atoms with Gasteiger partial charge >= 0.3 is 0 Å². The van der Waals surface area contributed by atoms with Gasteiger partial charge in [0.15, 0.2) is 0 Å². The standard InChI is InChI=1S/C24H24N4O/c25-15-21-23-22(27-24(18-8-4-9-18)28(23)13-12-26-21)19-10-5-11-20(14-19)29-16-17-6-2-1-3-7-17/h1-3,5-7,10-14,18H,4,8-9,15-16,25H2. The molecule has 0 bridgehead atoms. The minimum absolute atomic E-state index is 0.386. The monoisotopic (exact) mass is 384 g/mol. The van der Waals surface area contributed by atoms with Crippen molar-refractivity contribution in [3.05, 3.63) is 84.1 Å². The predicted molar refractivity (Wildman–Crippen MR) is 114 cm³/mol. The molecule has 0 atom stereocenters. The van der Waals surface area contributed by atoms with Crippen LogP contribution in [0.2, 0.25) is 0 Å². The third kappa shape index (κ3) is 3.38. The van der Waals surface area contributed by atoms with Gasteiger partial charge in [-0.2, -0.15) is 0 Å². The Kier molecular flexibility index (Phi) is 4.74. The Morgan fingerprint density at radius 2 is 1.93 bits per heavy atom. The summed E-state index contributed by atoms with van der Waals surface area (Å²) in [4.78, 5) is 9.57. The van der Waals surface area contributed by atoms with Crippen molar-refractivity contribution in [1.82, 2.24) is 14.4 Å². The van der Waals surface area contributed by atoms with E-state index in [0.717, 1.165) is 39.6 Å². The molecule has 5 rings (SSSR count). The average molecular weight is 384 g/mol. The average Bonchev–Trinajstić information content (AvgIpc) is 3.11. The predicted octanol–water partition coefficient (Wildman–Crippen LogP) is 4.70. The fourth-order valence-electron chi connectivity index (χ4n) is 3.91. The first kappa shape index (κ1) is 17.9. The first-order valence-corrected chi connectivity index (χ1v) is 10.2. The van der Waals surface area contributed by atoms with Crippen LogP contribution in [-0.4, -0.2) is 14.4 Å². The van der Waals surface area contributed by atoms with E-state index in [2.05, 4.69) is 33.7 Å². The second-order valence-corrected chi connectivity index (χ2v) is 7.55. The fraction of sp³-hybridized carbons (Fsp3) is 0.250. The number of hydrogen-bond donors (Lipinski definition) is 1. The third-order valence-corrected chi connectivity index (χ3v) is 5.68. The van der Waals surface area contributed by atoms with Gasteiger partial charge in [-0.3, -0.25) is 9.38 Å². The Morgan fingerprint density at radius 1 is 1.07 bits per heavy atom. The van der Waals surface area contributed by atoms with Crippen molar-refractivity contribution < 1.29 is 4.74 Å². The summed E-state index contributed by atoms with van der Waals surface area (Å²) in [6.07, 6.45) is 7.49. The second kappa shape index (κ2) is 7.68. The van der Waals surface area contributed by atoms with Crippen LogP contribution in [0, 0.1) is 0 Å². The summed E-state index contributed by atoms with van der Waals surface area (Å²) in [6.45, 7) is 0.925. The van der Waals surface area contributed by atoms with Crippen LogP contribution in [0.15, 0.2) is 67.0 Å². The number of rotatable bonds is 6. The highest BCUT2D eigenvalue weighted by Crippen LogP contribution is 2.39. The van der Waals surface area contributed by atoms with Gasteiger partial charge < -0.3 is 10.5 Å². The van der Waals surface area contributed by atoms with Gasteiger partial charge in [0.1, 0.15) is 18.2 Å². The van der Waals surface area contributed by atoms with Gasteiger partial charge in [-0.15, -0.1) is 0 Å². The van der Waals surface area contributed by atoms with E-state index < -0.39 is 0 Å². The minimum Gasteiger partial charge on any atom is -0.489 e. The zero-order valence-corrected chi connectivity index (χ0v) is 16.3. The highest BCUT2D eigenvalue weighted by atomic mass is 16.5. The minimum atomic E-state index is 0.386. The number of nitrogens with two attached hydrogens (primary N) is 1. The maximum atomic E-state index is 6.03. The van der Waals surface area contributed by atoms with Gasteiger partial charge in [0, 0.05) is 30.4 Å². The molecular weight excluding hydrogens is 360 g/mol. The SMILES string of the molecule is NCc1nccn2c(C3CCC3)nc(-c3cccc(OCc4ccccc4)c3)c12. The molecule has 0 radical (unpaired) electrons. The number of aromatic nitrogens is 3. The molecule has 0 saturated heterocycles. The van der Waals surface area contributed by atoms with Crippen molar-refractivity contribution in [1.29, 1.82) is 0 Å². The molecule has 5 heteroatoms. The van der Waals surface area contributed by atoms with E-state index in [1.165, 1.54) is 19.3 Å². The number of ether oxygens (including phenoxy) is 1. The largest absolute Gasteiger partial charge is 0.489 e. The van der Waals surface area contributed by atoms with Crippen molar-refractivity contribution in [3.63, 3.8) is 0 Å². The van der Waals surface area contributed by atoms with E-state index in [9.17, 15) is 0 Å². The zero-order chi connectivity index (χ0) is 19.6. The topological polar surface area (TPSA) is 65.4 Å². The summed E-state index contributed by atoms with van der Waals surface area (Å²) < 4.78 is 8.22. The molecule has 1 saturated carbocycles. The summed E-state index contributed by atoms with van der Waals surface area (Å²) in [5, 5.41) is 0. The Bertz CT molecular complexity index is 1130. The molecular formula is C24H24N4O. The first-order chi connectivity index (χ1) is 14.3. The van der Waals surface area contributed by atoms with Gasteiger partial charge in [0.05, 0.1) is 16.9 Å². The zero-order valence-electron chi connectivity index (χ0n) is 16.3. The number of nitrogens with zero attached hydrogens (tertiary/aromatic N) is 3. The Morgan fingerprint density at radius 3 is 2.69 bits per heavy atom. The van der Waals surface area contributed by atoms with Crippen LogP contribution >= 0.6 is 0 Å². The summed E-state index contributed by atoms with van der Waals surface area (Å²) in [7, 11) is 0. The third-order valence-electron chi connectivity index (χ3n) is 5.68. The van der Waals surface area contributed by atoms with Gasteiger partial charge in [0.25, 0.3) is 0 Å². The molecule has 2 heterocycles. The van der Waals surface area contributed by atoms with E-state index in [-0.39, 0.29) is 0 Å². The van der Waals surface area contributed by atoms with Crippen LogP contribution in [0.3, 0.4) is 0 Å². The maximum Gasteiger partial charge on any atom is 0.120 e. The highest BCUT2D eigenvalue weighted by molar-refractivity contribution is 5.80. The lowest BCUT2D eigenvalue weighted by Crippen LogP contribution is -2.13. The highest BCUT2D eigenvalue weighted by Gasteiger charge is 2.27. The van der Waals surface area contributed by atoms with E-state index in [4.69, 9.17) is 15.5 Å². The van der Waals surface area contributed by atoms with E-state index >= 15 is 0 Å². The van der Waals surface area contributed by atoms with Gasteiger partial charge in [-0.1, -0.05) is 48.9 Å². The molecule has 1 aliphatic rings. The van der Waals surface area contributed by atoms with Crippen LogP contribution in [0.4, 0.5) is 0 Å². The van der Waals surface area contributed by atoms with Crippen molar-refractivity contribution in [3.8, 4) is 17.0 Å². The van der Waals surface area contributed by atoms with E-state index in [1.54, 1.807) is 0 Å². The number of imidazole rings is 1. The lowest BCUT2D eigenvalue weighted by Gasteiger charge is -2.23. The van der Waals surface area contributed by atoms with Crippen molar-refractivity contribution in [2.75, 3.05) is 0 Å². The Balaban J connectivity index is 1.53. The van der Waals surface area contributed by atoms with Gasteiger partial charge in [0.2, 0.25) is 0 Å². The normalized spacial score (nSPS) is 14.1. The molecule has 29 heavy (non-hydrogen) atoms. The number of fused-ring (bicyclic) bond motifs is 1. The molecule has 2 N–H and O–H groups in total. The quantitative estimate of drug-likeness (QED) is 0.523. The molecule has 2 aromatic heterocycles. The van der Waals surface area contributed by atoms with E-state index in [1.807, 2.05) is 42.7 Å². The fourth-order valence-corrected chi connectivity index (χ4v) is 3.91. The van der Waals surface area contributed by atoms with Crippen molar-refractivity contribution >= 4 is 5.52 Å². The molecule has 1 fully saturated rings. The van der Waals surface area contributed by atoms with E-state index in [0.29, 0.717) is 19.1 Å². The van der Waals surface area contributed by atoms with Crippen LogP contribution in [0.5, 0.6) is 5.75 Å². The number of benzene rings is 2. The lowest BCUT2D eigenvalue weighted by molar-refractivity contribution is 0.306. The summed E-state index contributed by atoms with van der Waals surface area (Å²) in [6, 6.07) is 18.3. The maximum absolute atomic E-state index is 6.03. The van der Waals surface area contributed by atoms with Crippen LogP contribution < -0.4 is 10.5 Å². The molecule has 2 aromatic carbocycles. The van der Waals surface area contributed by atoms with Gasteiger partial charge in [-0.05, 0) is 30.5 Å². The lowest BCUT2D eigenvalue weighted by atomic mass is 9.85. The van der Waals surface area contributed by atoms with Crippen LogP contribution in [0.1, 0.15) is 42.3 Å². The summed E-state index contributed by atoms with van der Waals surface area (Å²) in [5.74, 6) is 2.46. The molecule has 0 amide bonds. The van der Waals surface area contributed by atoms with Crippen LogP contribution in [0.25, 0.3) is 16.8 Å². The number of hydrogen-bond acceptors (Lipinski definition) is 4. The molecule has 0 aliphatic heterocycles. The Hall–Kier alpha value is -3.18. The summed E-state index contributed by atoms with van der Waals surface area (Å²) >= 11 is 0. The molecule has 5 nitrogen and oxygen atoms in total.